The fraction of sp³-hybridized carbons (Fsp3) is 0.308. The van der Waals surface area contributed by atoms with Gasteiger partial charge in [-0.15, -0.1) is 0 Å². The van der Waals surface area contributed by atoms with E-state index in [0.717, 1.165) is 28.0 Å². The van der Waals surface area contributed by atoms with E-state index >= 15 is 0 Å². The Bertz CT molecular complexity index is 514. The van der Waals surface area contributed by atoms with Crippen molar-refractivity contribution in [2.24, 2.45) is 12.8 Å². The number of imidazole rings is 1. The second kappa shape index (κ2) is 5.02. The summed E-state index contributed by atoms with van der Waals surface area (Å²) in [5.74, 6) is 1.04. The maximum Gasteiger partial charge on any atom is 0.110 e. The van der Waals surface area contributed by atoms with Gasteiger partial charge in [-0.25, -0.2) is 4.98 Å². The zero-order valence-electron chi connectivity index (χ0n) is 10.1. The lowest BCUT2D eigenvalue weighted by molar-refractivity contribution is 0.761. The van der Waals surface area contributed by atoms with Crippen LogP contribution in [0, 0.1) is 6.92 Å². The molecule has 2 N–H and O–H groups in total. The molecule has 1 heterocycles. The van der Waals surface area contributed by atoms with Crippen LogP contribution in [0.25, 0.3) is 11.3 Å². The molecule has 2 rings (SSSR count). The molecule has 0 amide bonds. The number of benzene rings is 1. The molecule has 0 aliphatic carbocycles. The average Bonchev–Trinajstić information content (AvgIpc) is 2.59. The Labute approximate surface area is 110 Å². The van der Waals surface area contributed by atoms with Crippen molar-refractivity contribution >= 4 is 15.9 Å². The van der Waals surface area contributed by atoms with E-state index in [1.807, 2.05) is 19.2 Å². The second-order valence-corrected chi connectivity index (χ2v) is 4.98. The van der Waals surface area contributed by atoms with Crippen LogP contribution in [0.1, 0.15) is 11.5 Å². The summed E-state index contributed by atoms with van der Waals surface area (Å²) >= 11 is 3.44. The Morgan fingerprint density at radius 2 is 1.94 bits per heavy atom. The molecule has 0 aliphatic rings. The summed E-state index contributed by atoms with van der Waals surface area (Å²) in [6.07, 6.45) is 0.813. The molecule has 0 bridgehead atoms. The standard InChI is InChI=1S/C13H16BrN3/c1-9-13(10-3-5-11(14)6-4-10)16-12(7-8-15)17(9)2/h3-6H,7-8,15H2,1-2H3. The zero-order chi connectivity index (χ0) is 12.4. The van der Waals surface area contributed by atoms with Crippen LogP contribution in [0.2, 0.25) is 0 Å². The van der Waals surface area contributed by atoms with Gasteiger partial charge in [0.1, 0.15) is 5.82 Å². The molecule has 0 atom stereocenters. The molecule has 0 saturated heterocycles. The molecule has 4 heteroatoms. The van der Waals surface area contributed by atoms with Crippen molar-refractivity contribution in [2.75, 3.05) is 6.54 Å². The highest BCUT2D eigenvalue weighted by molar-refractivity contribution is 9.10. The highest BCUT2D eigenvalue weighted by Gasteiger charge is 2.11. The van der Waals surface area contributed by atoms with Crippen molar-refractivity contribution in [1.82, 2.24) is 9.55 Å². The minimum atomic E-state index is 0.629. The van der Waals surface area contributed by atoms with Gasteiger partial charge in [-0.3, -0.25) is 0 Å². The maximum absolute atomic E-state index is 5.59. The van der Waals surface area contributed by atoms with Crippen molar-refractivity contribution in [3.05, 3.63) is 40.3 Å². The van der Waals surface area contributed by atoms with Crippen LogP contribution < -0.4 is 5.73 Å². The van der Waals surface area contributed by atoms with E-state index in [1.54, 1.807) is 0 Å². The van der Waals surface area contributed by atoms with Gasteiger partial charge in [0.15, 0.2) is 0 Å². The second-order valence-electron chi connectivity index (χ2n) is 4.07. The summed E-state index contributed by atoms with van der Waals surface area (Å²) in [6.45, 7) is 2.72. The smallest absolute Gasteiger partial charge is 0.110 e. The first-order valence-electron chi connectivity index (χ1n) is 5.61. The topological polar surface area (TPSA) is 43.8 Å². The molecule has 17 heavy (non-hydrogen) atoms. The Balaban J connectivity index is 2.45. The van der Waals surface area contributed by atoms with Gasteiger partial charge < -0.3 is 10.3 Å². The Morgan fingerprint density at radius 1 is 1.29 bits per heavy atom. The molecular formula is C13H16BrN3. The molecule has 2 aromatic rings. The molecule has 90 valence electrons. The van der Waals surface area contributed by atoms with Gasteiger partial charge in [-0.1, -0.05) is 28.1 Å². The molecule has 1 aromatic heterocycles. The summed E-state index contributed by atoms with van der Waals surface area (Å²) < 4.78 is 3.20. The van der Waals surface area contributed by atoms with Crippen LogP contribution in [-0.2, 0) is 13.5 Å². The molecular weight excluding hydrogens is 278 g/mol. The Morgan fingerprint density at radius 3 is 2.53 bits per heavy atom. The lowest BCUT2D eigenvalue weighted by atomic mass is 10.1. The average molecular weight is 294 g/mol. The first-order chi connectivity index (χ1) is 8.13. The number of nitrogens with zero attached hydrogens (tertiary/aromatic N) is 2. The van der Waals surface area contributed by atoms with E-state index in [2.05, 4.69) is 44.5 Å². The minimum absolute atomic E-state index is 0.629. The molecule has 1 aromatic carbocycles. The van der Waals surface area contributed by atoms with Gasteiger partial charge in [-0.05, 0) is 25.6 Å². The van der Waals surface area contributed by atoms with Crippen molar-refractivity contribution < 1.29 is 0 Å². The van der Waals surface area contributed by atoms with E-state index in [0.29, 0.717) is 6.54 Å². The van der Waals surface area contributed by atoms with E-state index in [9.17, 15) is 0 Å². The van der Waals surface area contributed by atoms with Crippen LogP contribution in [0.4, 0.5) is 0 Å². The fourth-order valence-electron chi connectivity index (χ4n) is 1.87. The zero-order valence-corrected chi connectivity index (χ0v) is 11.7. The van der Waals surface area contributed by atoms with Crippen LogP contribution in [0.3, 0.4) is 0 Å². The number of aromatic nitrogens is 2. The summed E-state index contributed by atoms with van der Waals surface area (Å²) in [5, 5.41) is 0. The predicted octanol–water partition coefficient (Wildman–Crippen LogP) is 2.66. The van der Waals surface area contributed by atoms with E-state index < -0.39 is 0 Å². The van der Waals surface area contributed by atoms with Gasteiger partial charge in [0.2, 0.25) is 0 Å². The minimum Gasteiger partial charge on any atom is -0.335 e. The lowest BCUT2D eigenvalue weighted by Crippen LogP contribution is -2.08. The molecule has 0 fully saturated rings. The SMILES string of the molecule is Cc1c(-c2ccc(Br)cc2)nc(CCN)n1C. The number of halogens is 1. The first-order valence-corrected chi connectivity index (χ1v) is 6.41. The summed E-state index contributed by atoms with van der Waals surface area (Å²) in [5.41, 5.74) is 8.95. The number of hydrogen-bond donors (Lipinski definition) is 1. The highest BCUT2D eigenvalue weighted by Crippen LogP contribution is 2.24. The number of nitrogens with two attached hydrogens (primary N) is 1. The van der Waals surface area contributed by atoms with Crippen molar-refractivity contribution in [3.63, 3.8) is 0 Å². The Hall–Kier alpha value is -1.13. The molecule has 0 aliphatic heterocycles. The fourth-order valence-corrected chi connectivity index (χ4v) is 2.14. The lowest BCUT2D eigenvalue weighted by Gasteiger charge is -2.01. The monoisotopic (exact) mass is 293 g/mol. The highest BCUT2D eigenvalue weighted by atomic mass is 79.9. The molecule has 0 unspecified atom stereocenters. The summed E-state index contributed by atoms with van der Waals surface area (Å²) in [7, 11) is 2.04. The third kappa shape index (κ3) is 2.42. The molecule has 0 spiro atoms. The van der Waals surface area contributed by atoms with Gasteiger partial charge in [0.25, 0.3) is 0 Å². The first kappa shape index (κ1) is 12.3. The Kier molecular flexibility index (Phi) is 3.64. The molecule has 3 nitrogen and oxygen atoms in total. The van der Waals surface area contributed by atoms with Crippen LogP contribution in [0.15, 0.2) is 28.7 Å². The van der Waals surface area contributed by atoms with Crippen LogP contribution in [-0.4, -0.2) is 16.1 Å². The third-order valence-electron chi connectivity index (χ3n) is 2.96. The summed E-state index contributed by atoms with van der Waals surface area (Å²) in [4.78, 5) is 4.67. The normalized spacial score (nSPS) is 10.8. The number of rotatable bonds is 3. The molecule has 0 radical (unpaired) electrons. The van der Waals surface area contributed by atoms with Crippen molar-refractivity contribution in [1.29, 1.82) is 0 Å². The van der Waals surface area contributed by atoms with Gasteiger partial charge in [-0.2, -0.15) is 0 Å². The van der Waals surface area contributed by atoms with Gasteiger partial charge >= 0.3 is 0 Å². The van der Waals surface area contributed by atoms with Crippen molar-refractivity contribution in [2.45, 2.75) is 13.3 Å². The van der Waals surface area contributed by atoms with Crippen LogP contribution in [0.5, 0.6) is 0 Å². The predicted molar refractivity (Wildman–Crippen MR) is 73.8 cm³/mol. The van der Waals surface area contributed by atoms with E-state index in [1.165, 1.54) is 5.69 Å². The quantitative estimate of drug-likeness (QED) is 0.945. The van der Waals surface area contributed by atoms with Crippen LogP contribution >= 0.6 is 15.9 Å². The van der Waals surface area contributed by atoms with Gasteiger partial charge in [0.05, 0.1) is 5.69 Å². The van der Waals surface area contributed by atoms with E-state index in [4.69, 9.17) is 5.73 Å². The van der Waals surface area contributed by atoms with Gasteiger partial charge in [0, 0.05) is 29.2 Å². The number of hydrogen-bond acceptors (Lipinski definition) is 2. The largest absolute Gasteiger partial charge is 0.335 e. The van der Waals surface area contributed by atoms with E-state index in [-0.39, 0.29) is 0 Å². The van der Waals surface area contributed by atoms with Crippen molar-refractivity contribution in [3.8, 4) is 11.3 Å². The molecule has 0 saturated carbocycles. The summed E-state index contributed by atoms with van der Waals surface area (Å²) in [6, 6.07) is 8.22. The third-order valence-corrected chi connectivity index (χ3v) is 3.49. The maximum atomic E-state index is 5.59.